The fourth-order valence-corrected chi connectivity index (χ4v) is 6.41. The zero-order chi connectivity index (χ0) is 24.6. The van der Waals surface area contributed by atoms with Crippen LogP contribution in [0.5, 0.6) is 0 Å². The number of hydrogen-bond donors (Lipinski definition) is 0. The fourth-order valence-electron chi connectivity index (χ4n) is 6.41. The second-order valence-corrected chi connectivity index (χ2v) is 12.0. The first-order valence-electron chi connectivity index (χ1n) is 13.8. The van der Waals surface area contributed by atoms with Crippen LogP contribution < -0.4 is 0 Å². The van der Waals surface area contributed by atoms with Crippen LogP contribution >= 0.6 is 0 Å². The number of piperidine rings is 1. The molecule has 0 N–H and O–H groups in total. The second-order valence-electron chi connectivity index (χ2n) is 12.0. The molecule has 1 aliphatic carbocycles. The molecule has 0 saturated carbocycles. The lowest BCUT2D eigenvalue weighted by Crippen LogP contribution is -2.45. The summed E-state index contributed by atoms with van der Waals surface area (Å²) in [7, 11) is 0. The summed E-state index contributed by atoms with van der Waals surface area (Å²) in [6, 6.07) is 8.13. The highest BCUT2D eigenvalue weighted by molar-refractivity contribution is 6.07. The van der Waals surface area contributed by atoms with Gasteiger partial charge in [-0.3, -0.25) is 14.6 Å². The van der Waals surface area contributed by atoms with Crippen molar-refractivity contribution in [1.82, 2.24) is 14.8 Å². The SMILES string of the molecule is CC(C)(C)C1CCc2nc3ccccc3c(C(=O)N3CCC(C(=O)N4CCCCCC4)CC3)c2C1. The minimum Gasteiger partial charge on any atom is -0.342 e. The van der Waals surface area contributed by atoms with Gasteiger partial charge in [0.2, 0.25) is 5.91 Å². The van der Waals surface area contributed by atoms with Gasteiger partial charge in [0.1, 0.15) is 0 Å². The van der Waals surface area contributed by atoms with Crippen molar-refractivity contribution >= 4 is 22.7 Å². The third-order valence-corrected chi connectivity index (χ3v) is 8.75. The van der Waals surface area contributed by atoms with Crippen LogP contribution in [0.1, 0.15) is 87.3 Å². The molecule has 1 atom stereocenters. The molecule has 0 bridgehead atoms. The summed E-state index contributed by atoms with van der Waals surface area (Å²) >= 11 is 0. The number of para-hydroxylation sites is 1. The van der Waals surface area contributed by atoms with Crippen molar-refractivity contribution in [2.45, 2.75) is 78.6 Å². The Balaban J connectivity index is 1.38. The first-order valence-corrected chi connectivity index (χ1v) is 13.8. The number of carbonyl (C=O) groups is 2. The number of hydrogen-bond acceptors (Lipinski definition) is 3. The number of carbonyl (C=O) groups excluding carboxylic acids is 2. The predicted octanol–water partition coefficient (Wildman–Crippen LogP) is 5.64. The highest BCUT2D eigenvalue weighted by atomic mass is 16.2. The van der Waals surface area contributed by atoms with Crippen molar-refractivity contribution in [2.24, 2.45) is 17.3 Å². The molecular weight excluding hydrogens is 434 g/mol. The molecule has 1 unspecified atom stereocenters. The lowest BCUT2D eigenvalue weighted by atomic mass is 9.70. The van der Waals surface area contributed by atoms with Gasteiger partial charge in [0.05, 0.1) is 11.1 Å². The van der Waals surface area contributed by atoms with Gasteiger partial charge in [-0.2, -0.15) is 0 Å². The van der Waals surface area contributed by atoms with E-state index < -0.39 is 0 Å². The van der Waals surface area contributed by atoms with Crippen molar-refractivity contribution in [3.05, 3.63) is 41.1 Å². The summed E-state index contributed by atoms with van der Waals surface area (Å²) in [5, 5.41) is 0.980. The molecule has 2 aliphatic heterocycles. The monoisotopic (exact) mass is 475 g/mol. The summed E-state index contributed by atoms with van der Waals surface area (Å²) in [6.07, 6.45) is 9.25. The molecule has 3 heterocycles. The quantitative estimate of drug-likeness (QED) is 0.565. The molecule has 35 heavy (non-hydrogen) atoms. The van der Waals surface area contributed by atoms with Gasteiger partial charge in [0.15, 0.2) is 0 Å². The minimum atomic E-state index is 0.0607. The molecular formula is C30H41N3O2. The number of benzene rings is 1. The van der Waals surface area contributed by atoms with Crippen LogP contribution in [0.15, 0.2) is 24.3 Å². The highest BCUT2D eigenvalue weighted by Gasteiger charge is 2.35. The summed E-state index contributed by atoms with van der Waals surface area (Å²) in [4.78, 5) is 36.3. The van der Waals surface area contributed by atoms with Gasteiger partial charge >= 0.3 is 0 Å². The van der Waals surface area contributed by atoms with Crippen LogP contribution in [-0.2, 0) is 17.6 Å². The number of rotatable bonds is 2. The molecule has 1 aromatic heterocycles. The maximum absolute atomic E-state index is 14.1. The van der Waals surface area contributed by atoms with Crippen LogP contribution in [0.25, 0.3) is 10.9 Å². The first kappa shape index (κ1) is 24.3. The van der Waals surface area contributed by atoms with Crippen molar-refractivity contribution in [2.75, 3.05) is 26.2 Å². The largest absolute Gasteiger partial charge is 0.342 e. The van der Waals surface area contributed by atoms with Gasteiger partial charge in [0.25, 0.3) is 5.91 Å². The number of pyridine rings is 1. The molecule has 188 valence electrons. The minimum absolute atomic E-state index is 0.0607. The van der Waals surface area contributed by atoms with Gasteiger partial charge in [0, 0.05) is 43.2 Å². The summed E-state index contributed by atoms with van der Waals surface area (Å²) in [5.74, 6) is 1.06. The van der Waals surface area contributed by atoms with Crippen LogP contribution in [-0.4, -0.2) is 52.8 Å². The Bertz CT molecular complexity index is 1090. The van der Waals surface area contributed by atoms with Crippen LogP contribution in [0.4, 0.5) is 0 Å². The lowest BCUT2D eigenvalue weighted by molar-refractivity contribution is -0.136. The first-order chi connectivity index (χ1) is 16.8. The molecule has 5 heteroatoms. The van der Waals surface area contributed by atoms with E-state index in [1.165, 1.54) is 18.4 Å². The van der Waals surface area contributed by atoms with Crippen molar-refractivity contribution in [1.29, 1.82) is 0 Å². The molecule has 0 spiro atoms. The van der Waals surface area contributed by atoms with E-state index in [-0.39, 0.29) is 17.2 Å². The third kappa shape index (κ3) is 4.96. The number of likely N-dealkylation sites (tertiary alicyclic amines) is 2. The standard InChI is InChI=1S/C30H41N3O2/c1-30(2,3)22-12-13-26-24(20-22)27(23-10-6-7-11-25(23)31-26)29(35)33-18-14-21(15-19-33)28(34)32-16-8-4-5-9-17-32/h6-7,10-11,21-22H,4-5,8-9,12-20H2,1-3H3. The predicted molar refractivity (Wildman–Crippen MR) is 140 cm³/mol. The van der Waals surface area contributed by atoms with E-state index in [9.17, 15) is 9.59 Å². The van der Waals surface area contributed by atoms with Gasteiger partial charge in [-0.25, -0.2) is 0 Å². The molecule has 1 aromatic carbocycles. The Morgan fingerprint density at radius 2 is 1.57 bits per heavy atom. The van der Waals surface area contributed by atoms with E-state index in [0.29, 0.717) is 24.9 Å². The normalized spacial score (nSPS) is 22.1. The molecule has 2 aromatic rings. The average Bonchev–Trinajstić information content (AvgIpc) is 3.15. The molecule has 5 nitrogen and oxygen atoms in total. The van der Waals surface area contributed by atoms with E-state index in [0.717, 1.165) is 80.2 Å². The molecule has 2 amide bonds. The van der Waals surface area contributed by atoms with Crippen molar-refractivity contribution < 1.29 is 9.59 Å². The van der Waals surface area contributed by atoms with Crippen LogP contribution in [0.2, 0.25) is 0 Å². The van der Waals surface area contributed by atoms with Gasteiger partial charge in [-0.15, -0.1) is 0 Å². The van der Waals surface area contributed by atoms with Gasteiger partial charge in [-0.05, 0) is 67.9 Å². The molecule has 3 aliphatic rings. The zero-order valence-electron chi connectivity index (χ0n) is 21.8. The summed E-state index contributed by atoms with van der Waals surface area (Å²) in [6.45, 7) is 10.1. The second kappa shape index (κ2) is 9.91. The Labute approximate surface area is 210 Å². The fraction of sp³-hybridized carbons (Fsp3) is 0.633. The number of nitrogens with zero attached hydrogens (tertiary/aromatic N) is 3. The lowest BCUT2D eigenvalue weighted by Gasteiger charge is -2.37. The number of aromatic nitrogens is 1. The Hall–Kier alpha value is -2.43. The van der Waals surface area contributed by atoms with Gasteiger partial charge in [-0.1, -0.05) is 51.8 Å². The highest BCUT2D eigenvalue weighted by Crippen LogP contribution is 2.40. The van der Waals surface area contributed by atoms with Crippen LogP contribution in [0, 0.1) is 17.3 Å². The summed E-state index contributed by atoms with van der Waals surface area (Å²) < 4.78 is 0. The molecule has 0 radical (unpaired) electrons. The average molecular weight is 476 g/mol. The van der Waals surface area contributed by atoms with Crippen LogP contribution in [0.3, 0.4) is 0 Å². The Morgan fingerprint density at radius 3 is 2.26 bits per heavy atom. The maximum Gasteiger partial charge on any atom is 0.254 e. The topological polar surface area (TPSA) is 53.5 Å². The van der Waals surface area contributed by atoms with Gasteiger partial charge < -0.3 is 9.80 Å². The molecule has 2 saturated heterocycles. The van der Waals surface area contributed by atoms with E-state index in [2.05, 4.69) is 31.7 Å². The van der Waals surface area contributed by atoms with Crippen molar-refractivity contribution in [3.8, 4) is 0 Å². The smallest absolute Gasteiger partial charge is 0.254 e. The zero-order valence-corrected chi connectivity index (χ0v) is 21.8. The Kier molecular flexibility index (Phi) is 6.87. The number of fused-ring (bicyclic) bond motifs is 2. The molecule has 2 fully saturated rings. The maximum atomic E-state index is 14.1. The summed E-state index contributed by atoms with van der Waals surface area (Å²) in [5.41, 5.74) is 4.28. The van der Waals surface area contributed by atoms with E-state index in [1.54, 1.807) is 0 Å². The Morgan fingerprint density at radius 1 is 0.886 bits per heavy atom. The number of aryl methyl sites for hydroxylation is 1. The van der Waals surface area contributed by atoms with E-state index in [4.69, 9.17) is 4.98 Å². The van der Waals surface area contributed by atoms with Crippen molar-refractivity contribution in [3.63, 3.8) is 0 Å². The third-order valence-electron chi connectivity index (χ3n) is 8.75. The molecule has 5 rings (SSSR count). The van der Waals surface area contributed by atoms with E-state index in [1.807, 2.05) is 23.1 Å². The van der Waals surface area contributed by atoms with E-state index >= 15 is 0 Å². The number of amides is 2.